The maximum atomic E-state index is 14.1. The summed E-state index contributed by atoms with van der Waals surface area (Å²) in [5.41, 5.74) is 2.41. The van der Waals surface area contributed by atoms with Gasteiger partial charge in [-0.15, -0.1) is 0 Å². The Kier molecular flexibility index (Phi) is 5.95. The minimum atomic E-state index is -0.211. The van der Waals surface area contributed by atoms with Crippen molar-refractivity contribution in [3.05, 3.63) is 48.2 Å². The van der Waals surface area contributed by atoms with E-state index < -0.39 is 0 Å². The summed E-state index contributed by atoms with van der Waals surface area (Å²) in [5, 5.41) is 0. The van der Waals surface area contributed by atoms with Crippen LogP contribution in [0.3, 0.4) is 0 Å². The molecule has 3 heteroatoms. The summed E-state index contributed by atoms with van der Waals surface area (Å²) in [6.07, 6.45) is 13.6. The Hall–Kier alpha value is -1.77. The molecule has 0 spiro atoms. The molecule has 1 fully saturated rings. The van der Waals surface area contributed by atoms with Gasteiger partial charge in [-0.3, -0.25) is 0 Å². The van der Waals surface area contributed by atoms with Crippen LogP contribution in [0.4, 0.5) is 4.39 Å². The van der Waals surface area contributed by atoms with Gasteiger partial charge in [-0.25, -0.2) is 14.4 Å². The molecule has 0 radical (unpaired) electrons. The third kappa shape index (κ3) is 4.19. The molecule has 1 aliphatic rings. The van der Waals surface area contributed by atoms with Crippen molar-refractivity contribution < 1.29 is 4.39 Å². The van der Waals surface area contributed by atoms with Crippen molar-refractivity contribution in [2.24, 2.45) is 11.8 Å². The van der Waals surface area contributed by atoms with E-state index in [9.17, 15) is 4.39 Å². The highest BCUT2D eigenvalue weighted by molar-refractivity contribution is 5.63. The standard InChI is InChI=1S/C21H27FN2/c1-2-5-16-8-10-17(11-9-16)12-13-18-14-23-15-24-21(18)19-6-3-4-7-20(19)22/h3-4,6-7,14-17H,2,5,8-13H2,1H3. The van der Waals surface area contributed by atoms with Gasteiger partial charge in [0.2, 0.25) is 0 Å². The molecule has 3 rings (SSSR count). The second-order valence-corrected chi connectivity index (χ2v) is 7.09. The van der Waals surface area contributed by atoms with Crippen LogP contribution in [0.5, 0.6) is 0 Å². The van der Waals surface area contributed by atoms with Gasteiger partial charge in [-0.1, -0.05) is 57.6 Å². The fourth-order valence-corrected chi connectivity index (χ4v) is 4.01. The molecule has 1 aliphatic carbocycles. The molecular weight excluding hydrogens is 299 g/mol. The number of halogens is 1. The largest absolute Gasteiger partial charge is 0.244 e. The Labute approximate surface area is 144 Å². The average molecular weight is 326 g/mol. The molecular formula is C21H27FN2. The summed E-state index contributed by atoms with van der Waals surface area (Å²) in [6.45, 7) is 2.28. The second kappa shape index (κ2) is 8.36. The lowest BCUT2D eigenvalue weighted by molar-refractivity contribution is 0.252. The van der Waals surface area contributed by atoms with E-state index in [1.54, 1.807) is 12.1 Å². The van der Waals surface area contributed by atoms with Crippen molar-refractivity contribution in [2.75, 3.05) is 0 Å². The van der Waals surface area contributed by atoms with Crippen LogP contribution in [-0.4, -0.2) is 9.97 Å². The third-order valence-electron chi connectivity index (χ3n) is 5.40. The Morgan fingerprint density at radius 2 is 1.75 bits per heavy atom. The number of aromatic nitrogens is 2. The fraction of sp³-hybridized carbons (Fsp3) is 0.524. The topological polar surface area (TPSA) is 25.8 Å². The zero-order valence-corrected chi connectivity index (χ0v) is 14.5. The quantitative estimate of drug-likeness (QED) is 0.668. The highest BCUT2D eigenvalue weighted by atomic mass is 19.1. The van der Waals surface area contributed by atoms with Gasteiger partial charge in [0.15, 0.2) is 0 Å². The van der Waals surface area contributed by atoms with E-state index in [0.29, 0.717) is 5.56 Å². The number of rotatable bonds is 6. The molecule has 1 heterocycles. The first-order chi connectivity index (χ1) is 11.8. The van der Waals surface area contributed by atoms with Crippen LogP contribution in [0.1, 0.15) is 57.4 Å². The number of benzene rings is 1. The van der Waals surface area contributed by atoms with Crippen molar-refractivity contribution in [1.82, 2.24) is 9.97 Å². The fourth-order valence-electron chi connectivity index (χ4n) is 4.01. The molecule has 2 aromatic rings. The first kappa shape index (κ1) is 17.1. The molecule has 0 bridgehead atoms. The van der Waals surface area contributed by atoms with E-state index in [1.165, 1.54) is 50.9 Å². The molecule has 0 atom stereocenters. The number of hydrogen-bond donors (Lipinski definition) is 0. The summed E-state index contributed by atoms with van der Waals surface area (Å²) < 4.78 is 14.1. The Bertz CT molecular complexity index is 648. The maximum absolute atomic E-state index is 14.1. The lowest BCUT2D eigenvalue weighted by Gasteiger charge is -2.28. The van der Waals surface area contributed by atoms with Gasteiger partial charge >= 0.3 is 0 Å². The molecule has 1 saturated carbocycles. The van der Waals surface area contributed by atoms with Gasteiger partial charge in [-0.05, 0) is 42.4 Å². The molecule has 0 amide bonds. The van der Waals surface area contributed by atoms with E-state index in [-0.39, 0.29) is 5.82 Å². The molecule has 0 aliphatic heterocycles. The SMILES string of the molecule is CCCC1CCC(CCc2cncnc2-c2ccccc2F)CC1. The Balaban J connectivity index is 1.64. The number of aryl methyl sites for hydroxylation is 1. The smallest absolute Gasteiger partial charge is 0.132 e. The third-order valence-corrected chi connectivity index (χ3v) is 5.40. The van der Waals surface area contributed by atoms with E-state index in [4.69, 9.17) is 0 Å². The minimum absolute atomic E-state index is 0.211. The normalized spacial score (nSPS) is 20.9. The zero-order chi connectivity index (χ0) is 16.8. The number of nitrogens with zero attached hydrogens (tertiary/aromatic N) is 2. The van der Waals surface area contributed by atoms with Gasteiger partial charge in [-0.2, -0.15) is 0 Å². The van der Waals surface area contributed by atoms with Crippen molar-refractivity contribution in [2.45, 2.75) is 58.3 Å². The Morgan fingerprint density at radius 1 is 1.04 bits per heavy atom. The van der Waals surface area contributed by atoms with Crippen molar-refractivity contribution in [3.63, 3.8) is 0 Å². The van der Waals surface area contributed by atoms with E-state index in [2.05, 4.69) is 16.9 Å². The molecule has 2 nitrogen and oxygen atoms in total. The van der Waals surface area contributed by atoms with Crippen LogP contribution in [0, 0.1) is 17.7 Å². The molecule has 0 N–H and O–H groups in total. The van der Waals surface area contributed by atoms with Crippen LogP contribution in [-0.2, 0) is 6.42 Å². The van der Waals surface area contributed by atoms with E-state index in [1.807, 2.05) is 12.3 Å². The van der Waals surface area contributed by atoms with Crippen LogP contribution >= 0.6 is 0 Å². The minimum Gasteiger partial charge on any atom is -0.244 e. The van der Waals surface area contributed by atoms with Crippen LogP contribution in [0.2, 0.25) is 0 Å². The Morgan fingerprint density at radius 3 is 2.46 bits per heavy atom. The predicted molar refractivity (Wildman–Crippen MR) is 96.1 cm³/mol. The summed E-state index contributed by atoms with van der Waals surface area (Å²) in [6, 6.07) is 6.88. The monoisotopic (exact) mass is 326 g/mol. The van der Waals surface area contributed by atoms with Gasteiger partial charge in [0, 0.05) is 11.8 Å². The molecule has 1 aromatic carbocycles. The lowest BCUT2D eigenvalue weighted by Crippen LogP contribution is -2.15. The van der Waals surface area contributed by atoms with E-state index in [0.717, 1.165) is 35.9 Å². The first-order valence-electron chi connectivity index (χ1n) is 9.31. The van der Waals surface area contributed by atoms with Crippen molar-refractivity contribution in [3.8, 4) is 11.3 Å². The lowest BCUT2D eigenvalue weighted by atomic mass is 9.78. The zero-order valence-electron chi connectivity index (χ0n) is 14.5. The van der Waals surface area contributed by atoms with Crippen molar-refractivity contribution in [1.29, 1.82) is 0 Å². The summed E-state index contributed by atoms with van der Waals surface area (Å²) >= 11 is 0. The number of hydrogen-bond acceptors (Lipinski definition) is 2. The highest BCUT2D eigenvalue weighted by Gasteiger charge is 2.21. The molecule has 24 heavy (non-hydrogen) atoms. The summed E-state index contributed by atoms with van der Waals surface area (Å²) in [7, 11) is 0. The van der Waals surface area contributed by atoms with E-state index >= 15 is 0 Å². The second-order valence-electron chi connectivity index (χ2n) is 7.09. The van der Waals surface area contributed by atoms with Gasteiger partial charge in [0.25, 0.3) is 0 Å². The van der Waals surface area contributed by atoms with Crippen molar-refractivity contribution >= 4 is 0 Å². The molecule has 0 unspecified atom stereocenters. The van der Waals surface area contributed by atoms with Gasteiger partial charge in [0.1, 0.15) is 12.1 Å². The maximum Gasteiger partial charge on any atom is 0.132 e. The predicted octanol–water partition coefficient (Wildman–Crippen LogP) is 5.82. The average Bonchev–Trinajstić information content (AvgIpc) is 2.62. The molecule has 1 aromatic heterocycles. The summed E-state index contributed by atoms with van der Waals surface area (Å²) in [5.74, 6) is 1.53. The van der Waals surface area contributed by atoms with Crippen LogP contribution < -0.4 is 0 Å². The van der Waals surface area contributed by atoms with Crippen LogP contribution in [0.25, 0.3) is 11.3 Å². The molecule has 0 saturated heterocycles. The first-order valence-corrected chi connectivity index (χ1v) is 9.31. The van der Waals surface area contributed by atoms with Gasteiger partial charge in [0.05, 0.1) is 5.69 Å². The van der Waals surface area contributed by atoms with Gasteiger partial charge < -0.3 is 0 Å². The molecule has 128 valence electrons. The highest BCUT2D eigenvalue weighted by Crippen LogP contribution is 2.34. The van der Waals surface area contributed by atoms with Crippen LogP contribution in [0.15, 0.2) is 36.8 Å². The summed E-state index contributed by atoms with van der Waals surface area (Å²) in [4.78, 5) is 8.53.